The van der Waals surface area contributed by atoms with E-state index in [0.29, 0.717) is 0 Å². The van der Waals surface area contributed by atoms with Crippen molar-refractivity contribution in [2.24, 2.45) is 0 Å². The van der Waals surface area contributed by atoms with Crippen LogP contribution in [0.5, 0.6) is 0 Å². The van der Waals surface area contributed by atoms with Crippen molar-refractivity contribution in [1.82, 2.24) is 4.72 Å². The topological polar surface area (TPSA) is 92.7 Å². The Morgan fingerprint density at radius 3 is 2.54 bits per heavy atom. The molecule has 6 nitrogen and oxygen atoms in total. The molecule has 0 saturated carbocycles. The molecule has 0 aromatic carbocycles. The Morgan fingerprint density at radius 1 is 1.62 bits per heavy atom. The minimum absolute atomic E-state index is 0.0755. The van der Waals surface area contributed by atoms with Crippen molar-refractivity contribution in [2.45, 2.75) is 13.0 Å². The first-order valence-corrected chi connectivity index (χ1v) is 5.24. The van der Waals surface area contributed by atoms with E-state index >= 15 is 0 Å². The number of aliphatic carboxylic acids is 1. The van der Waals surface area contributed by atoms with Gasteiger partial charge in [0.25, 0.3) is 0 Å². The summed E-state index contributed by atoms with van der Waals surface area (Å²) >= 11 is 0. The van der Waals surface area contributed by atoms with Gasteiger partial charge in [0.15, 0.2) is 5.75 Å². The van der Waals surface area contributed by atoms with Crippen LogP contribution in [-0.2, 0) is 19.6 Å². The molecule has 0 aliphatic rings. The molecule has 0 aromatic heterocycles. The first kappa shape index (κ1) is 12.3. The maximum absolute atomic E-state index is 10.9. The Labute approximate surface area is 76.9 Å². The highest BCUT2D eigenvalue weighted by molar-refractivity contribution is 7.90. The predicted molar refractivity (Wildman–Crippen MR) is 45.9 cm³/mol. The summed E-state index contributed by atoms with van der Waals surface area (Å²) in [5.41, 5.74) is 0. The molecule has 0 amide bonds. The largest absolute Gasteiger partial charge is 0.480 e. The van der Waals surface area contributed by atoms with E-state index in [9.17, 15) is 13.2 Å². The normalized spacial score (nSPS) is 14.0. The fourth-order valence-electron chi connectivity index (χ4n) is 0.541. The molecule has 0 aliphatic heterocycles. The van der Waals surface area contributed by atoms with Crippen molar-refractivity contribution >= 4 is 16.0 Å². The van der Waals surface area contributed by atoms with E-state index in [4.69, 9.17) is 9.84 Å². The predicted octanol–water partition coefficient (Wildman–Crippen LogP) is -0.975. The molecule has 0 radical (unpaired) electrons. The third-order valence-corrected chi connectivity index (χ3v) is 2.54. The molecule has 0 fully saturated rings. The lowest BCUT2D eigenvalue weighted by Crippen LogP contribution is -2.35. The van der Waals surface area contributed by atoms with Gasteiger partial charge >= 0.3 is 5.97 Å². The van der Waals surface area contributed by atoms with Crippen molar-refractivity contribution in [2.75, 3.05) is 19.4 Å². The van der Waals surface area contributed by atoms with Crippen LogP contribution in [0.3, 0.4) is 0 Å². The summed E-state index contributed by atoms with van der Waals surface area (Å²) in [6, 6.07) is 0. The summed E-state index contributed by atoms with van der Waals surface area (Å²) in [6.45, 7) is 1.75. The highest BCUT2D eigenvalue weighted by Gasteiger charge is 2.15. The standard InChI is InChI=1S/C6H13NO5S/c1-5(12-2)3-7-13(10,11)4-6(8)9/h5,7H,3-4H2,1-2H3,(H,8,9). The van der Waals surface area contributed by atoms with Gasteiger partial charge in [-0.2, -0.15) is 0 Å². The van der Waals surface area contributed by atoms with Gasteiger partial charge in [-0.25, -0.2) is 13.1 Å². The van der Waals surface area contributed by atoms with Crippen LogP contribution >= 0.6 is 0 Å². The van der Waals surface area contributed by atoms with Crippen LogP contribution < -0.4 is 4.72 Å². The van der Waals surface area contributed by atoms with Crippen LogP contribution in [0.15, 0.2) is 0 Å². The Kier molecular flexibility index (Phi) is 4.89. The van der Waals surface area contributed by atoms with Gasteiger partial charge in [0.1, 0.15) is 0 Å². The summed E-state index contributed by atoms with van der Waals surface area (Å²) < 4.78 is 28.7. The minimum atomic E-state index is -3.72. The number of carboxylic acids is 1. The summed E-state index contributed by atoms with van der Waals surface area (Å²) in [7, 11) is -2.27. The highest BCUT2D eigenvalue weighted by atomic mass is 32.2. The summed E-state index contributed by atoms with van der Waals surface area (Å²) in [4.78, 5) is 10.1. The molecule has 0 aromatic rings. The van der Waals surface area contributed by atoms with Gasteiger partial charge in [0.2, 0.25) is 10.0 Å². The second-order valence-electron chi connectivity index (χ2n) is 2.55. The number of carbonyl (C=O) groups is 1. The van der Waals surface area contributed by atoms with Gasteiger partial charge in [-0.1, -0.05) is 0 Å². The molecule has 0 rings (SSSR count). The van der Waals surface area contributed by atoms with Crippen molar-refractivity contribution in [3.63, 3.8) is 0 Å². The SMILES string of the molecule is COC(C)CNS(=O)(=O)CC(=O)O. The molecule has 0 spiro atoms. The lowest BCUT2D eigenvalue weighted by molar-refractivity contribution is -0.134. The lowest BCUT2D eigenvalue weighted by Gasteiger charge is -2.09. The number of nitrogens with one attached hydrogen (secondary N) is 1. The number of ether oxygens (including phenoxy) is 1. The van der Waals surface area contributed by atoms with Crippen molar-refractivity contribution in [3.8, 4) is 0 Å². The monoisotopic (exact) mass is 211 g/mol. The number of rotatable bonds is 6. The van der Waals surface area contributed by atoms with Gasteiger partial charge in [0.05, 0.1) is 6.10 Å². The highest BCUT2D eigenvalue weighted by Crippen LogP contribution is 1.88. The van der Waals surface area contributed by atoms with Crippen molar-refractivity contribution in [3.05, 3.63) is 0 Å². The maximum atomic E-state index is 10.9. The van der Waals surface area contributed by atoms with E-state index < -0.39 is 21.7 Å². The second-order valence-corrected chi connectivity index (χ2v) is 4.35. The fourth-order valence-corrected chi connectivity index (χ4v) is 1.46. The van der Waals surface area contributed by atoms with E-state index in [1.165, 1.54) is 7.11 Å². The number of sulfonamides is 1. The zero-order chi connectivity index (χ0) is 10.5. The molecule has 0 aliphatic carbocycles. The number of hydrogen-bond donors (Lipinski definition) is 2. The first-order chi connectivity index (χ1) is 5.87. The quantitative estimate of drug-likeness (QED) is 0.589. The molecular weight excluding hydrogens is 198 g/mol. The molecule has 7 heteroatoms. The van der Waals surface area contributed by atoms with Gasteiger partial charge in [-0.15, -0.1) is 0 Å². The van der Waals surface area contributed by atoms with Gasteiger partial charge in [-0.3, -0.25) is 4.79 Å². The molecule has 0 saturated heterocycles. The average molecular weight is 211 g/mol. The zero-order valence-corrected chi connectivity index (χ0v) is 8.30. The Bertz CT molecular complexity index is 260. The maximum Gasteiger partial charge on any atom is 0.320 e. The van der Waals surface area contributed by atoms with Crippen LogP contribution in [0.2, 0.25) is 0 Å². The Morgan fingerprint density at radius 2 is 2.15 bits per heavy atom. The van der Waals surface area contributed by atoms with Gasteiger partial charge < -0.3 is 9.84 Å². The summed E-state index contributed by atoms with van der Waals surface area (Å²) in [5, 5.41) is 8.22. The third-order valence-electron chi connectivity index (χ3n) is 1.31. The molecular formula is C6H13NO5S. The van der Waals surface area contributed by atoms with Crippen LogP contribution in [0, 0.1) is 0 Å². The zero-order valence-electron chi connectivity index (χ0n) is 7.48. The average Bonchev–Trinajstić information content (AvgIpc) is 1.98. The summed E-state index contributed by atoms with van der Waals surface area (Å²) in [5.74, 6) is -2.29. The Hall–Kier alpha value is -0.660. The number of hydrogen-bond acceptors (Lipinski definition) is 4. The van der Waals surface area contributed by atoms with Crippen LogP contribution in [-0.4, -0.2) is 45.0 Å². The van der Waals surface area contributed by atoms with E-state index in [2.05, 4.69) is 4.72 Å². The van der Waals surface area contributed by atoms with Gasteiger partial charge in [-0.05, 0) is 6.92 Å². The Balaban J connectivity index is 3.97. The summed E-state index contributed by atoms with van der Waals surface area (Å²) in [6.07, 6.45) is -0.274. The molecule has 13 heavy (non-hydrogen) atoms. The van der Waals surface area contributed by atoms with E-state index in [-0.39, 0.29) is 12.6 Å². The van der Waals surface area contributed by atoms with Gasteiger partial charge in [0, 0.05) is 13.7 Å². The number of carboxylic acid groups (broad SMARTS) is 1. The van der Waals surface area contributed by atoms with Crippen LogP contribution in [0.1, 0.15) is 6.92 Å². The fraction of sp³-hybridized carbons (Fsp3) is 0.833. The molecule has 1 unspecified atom stereocenters. The number of methoxy groups -OCH3 is 1. The second kappa shape index (κ2) is 5.15. The van der Waals surface area contributed by atoms with E-state index in [1.807, 2.05) is 0 Å². The van der Waals surface area contributed by atoms with E-state index in [0.717, 1.165) is 0 Å². The molecule has 1 atom stereocenters. The lowest BCUT2D eigenvalue weighted by atomic mass is 10.4. The molecule has 0 bridgehead atoms. The first-order valence-electron chi connectivity index (χ1n) is 3.59. The van der Waals surface area contributed by atoms with Crippen molar-refractivity contribution < 1.29 is 23.1 Å². The van der Waals surface area contributed by atoms with Crippen LogP contribution in [0.25, 0.3) is 0 Å². The minimum Gasteiger partial charge on any atom is -0.480 e. The molecule has 78 valence electrons. The van der Waals surface area contributed by atoms with Crippen LogP contribution in [0.4, 0.5) is 0 Å². The van der Waals surface area contributed by atoms with E-state index in [1.54, 1.807) is 6.92 Å². The smallest absolute Gasteiger partial charge is 0.320 e. The molecule has 0 heterocycles. The van der Waals surface area contributed by atoms with Crippen molar-refractivity contribution in [1.29, 1.82) is 0 Å². The molecule has 2 N–H and O–H groups in total. The third kappa shape index (κ3) is 6.50.